The van der Waals surface area contributed by atoms with E-state index in [1.54, 1.807) is 6.07 Å². The van der Waals surface area contributed by atoms with Crippen LogP contribution in [0, 0.1) is 5.82 Å². The summed E-state index contributed by atoms with van der Waals surface area (Å²) in [6.07, 6.45) is 1.31. The van der Waals surface area contributed by atoms with Crippen LogP contribution in [0.4, 0.5) is 10.3 Å². The second kappa shape index (κ2) is 8.08. The summed E-state index contributed by atoms with van der Waals surface area (Å²) >= 11 is 3.40. The second-order valence-electron chi connectivity index (χ2n) is 6.93. The van der Waals surface area contributed by atoms with Gasteiger partial charge in [0.25, 0.3) is 5.56 Å². The summed E-state index contributed by atoms with van der Waals surface area (Å²) in [7, 11) is 0. The van der Waals surface area contributed by atoms with Crippen LogP contribution in [0.3, 0.4) is 0 Å². The van der Waals surface area contributed by atoms with E-state index in [9.17, 15) is 9.18 Å². The normalized spacial score (nSPS) is 18.2. The van der Waals surface area contributed by atoms with Gasteiger partial charge in [0.1, 0.15) is 5.82 Å². The van der Waals surface area contributed by atoms with Gasteiger partial charge in [-0.25, -0.2) is 9.37 Å². The predicted octanol–water partition coefficient (Wildman–Crippen LogP) is 2.11. The third-order valence-corrected chi connectivity index (χ3v) is 5.64. The van der Waals surface area contributed by atoms with Crippen LogP contribution in [0.15, 0.2) is 27.5 Å². The summed E-state index contributed by atoms with van der Waals surface area (Å²) in [6.45, 7) is 4.73. The van der Waals surface area contributed by atoms with Crippen molar-refractivity contribution in [3.05, 3.63) is 55.7 Å². The van der Waals surface area contributed by atoms with Crippen LogP contribution < -0.4 is 10.5 Å². The number of halogens is 2. The Bertz CT molecular complexity index is 882. The highest BCUT2D eigenvalue weighted by Gasteiger charge is 2.22. The van der Waals surface area contributed by atoms with Gasteiger partial charge in [-0.3, -0.25) is 14.7 Å². The van der Waals surface area contributed by atoms with Gasteiger partial charge in [-0.1, -0.05) is 15.9 Å². The summed E-state index contributed by atoms with van der Waals surface area (Å²) in [4.78, 5) is 24.5. The Morgan fingerprint density at radius 1 is 1.19 bits per heavy atom. The summed E-state index contributed by atoms with van der Waals surface area (Å²) in [5.41, 5.74) is 2.21. The van der Waals surface area contributed by atoms with E-state index >= 15 is 0 Å². The molecule has 0 aliphatic carbocycles. The fourth-order valence-corrected chi connectivity index (χ4v) is 4.04. The van der Waals surface area contributed by atoms with E-state index in [4.69, 9.17) is 9.72 Å². The Morgan fingerprint density at radius 3 is 2.78 bits per heavy atom. The van der Waals surface area contributed by atoms with E-state index < -0.39 is 0 Å². The van der Waals surface area contributed by atoms with Crippen molar-refractivity contribution in [3.8, 4) is 0 Å². The molecule has 0 saturated carbocycles. The molecule has 1 saturated heterocycles. The van der Waals surface area contributed by atoms with Crippen LogP contribution in [0.25, 0.3) is 0 Å². The maximum absolute atomic E-state index is 14.1. The maximum atomic E-state index is 14.1. The molecule has 0 atom stereocenters. The summed E-state index contributed by atoms with van der Waals surface area (Å²) in [6, 6.07) is 5.00. The van der Waals surface area contributed by atoms with Gasteiger partial charge in [0.2, 0.25) is 5.95 Å². The van der Waals surface area contributed by atoms with E-state index in [1.165, 1.54) is 6.07 Å². The van der Waals surface area contributed by atoms with Gasteiger partial charge in [0.15, 0.2) is 0 Å². The highest BCUT2D eigenvalue weighted by atomic mass is 79.9. The van der Waals surface area contributed by atoms with E-state index in [0.29, 0.717) is 50.7 Å². The molecule has 2 aromatic rings. The molecule has 0 amide bonds. The average molecular weight is 437 g/mol. The maximum Gasteiger partial charge on any atom is 0.255 e. The first-order valence-corrected chi connectivity index (χ1v) is 10.0. The number of H-pyrrole nitrogens is 1. The first-order chi connectivity index (χ1) is 13.1. The second-order valence-corrected chi connectivity index (χ2v) is 7.84. The standard InChI is InChI=1S/C19H22BrFN4O2/c20-14-1-2-16(21)13(11-14)12-24-5-3-15-17(4-6-24)22-19(23-18(15)26)25-7-9-27-10-8-25/h1-2,11H,3-10,12H2,(H,22,23,26). The van der Waals surface area contributed by atoms with Crippen LogP contribution in [-0.4, -0.2) is 54.3 Å². The van der Waals surface area contributed by atoms with Crippen molar-refractivity contribution in [1.82, 2.24) is 14.9 Å². The van der Waals surface area contributed by atoms with Gasteiger partial charge in [0, 0.05) is 54.7 Å². The lowest BCUT2D eigenvalue weighted by Gasteiger charge is -2.27. The lowest BCUT2D eigenvalue weighted by molar-refractivity contribution is 0.122. The minimum atomic E-state index is -0.203. The number of hydrogen-bond donors (Lipinski definition) is 1. The Kier molecular flexibility index (Phi) is 5.56. The number of ether oxygens (including phenoxy) is 1. The largest absolute Gasteiger partial charge is 0.378 e. The SMILES string of the molecule is O=c1[nH]c(N2CCOCC2)nc2c1CCN(Cc1cc(Br)ccc1F)CC2. The topological polar surface area (TPSA) is 61.5 Å². The van der Waals surface area contributed by atoms with Crippen molar-refractivity contribution in [2.24, 2.45) is 0 Å². The van der Waals surface area contributed by atoms with Gasteiger partial charge in [-0.05, 0) is 24.6 Å². The van der Waals surface area contributed by atoms with Gasteiger partial charge in [-0.2, -0.15) is 0 Å². The number of morpholine rings is 1. The van der Waals surface area contributed by atoms with Gasteiger partial charge >= 0.3 is 0 Å². The number of nitrogens with one attached hydrogen (secondary N) is 1. The van der Waals surface area contributed by atoms with Crippen molar-refractivity contribution in [1.29, 1.82) is 0 Å². The molecular weight excluding hydrogens is 415 g/mol. The fourth-order valence-electron chi connectivity index (χ4n) is 3.63. The van der Waals surface area contributed by atoms with Crippen LogP contribution in [0.5, 0.6) is 0 Å². The fraction of sp³-hybridized carbons (Fsp3) is 0.474. The Hall–Kier alpha value is -1.77. The molecule has 0 bridgehead atoms. The molecule has 27 heavy (non-hydrogen) atoms. The zero-order valence-corrected chi connectivity index (χ0v) is 16.6. The molecular formula is C19H22BrFN4O2. The van der Waals surface area contributed by atoms with Crippen molar-refractivity contribution in [2.75, 3.05) is 44.3 Å². The first kappa shape index (κ1) is 18.6. The predicted molar refractivity (Wildman–Crippen MR) is 105 cm³/mol. The highest BCUT2D eigenvalue weighted by Crippen LogP contribution is 2.20. The monoisotopic (exact) mass is 436 g/mol. The van der Waals surface area contributed by atoms with Crippen molar-refractivity contribution in [3.63, 3.8) is 0 Å². The van der Waals surface area contributed by atoms with E-state index in [1.807, 2.05) is 6.07 Å². The van der Waals surface area contributed by atoms with E-state index in [-0.39, 0.29) is 11.4 Å². The molecule has 1 aromatic heterocycles. The third-order valence-electron chi connectivity index (χ3n) is 5.14. The minimum Gasteiger partial charge on any atom is -0.378 e. The number of anilines is 1. The minimum absolute atomic E-state index is 0.0584. The number of nitrogens with zero attached hydrogens (tertiary/aromatic N) is 3. The van der Waals surface area contributed by atoms with Crippen LogP contribution in [-0.2, 0) is 24.1 Å². The molecule has 1 aromatic carbocycles. The average Bonchev–Trinajstić information content (AvgIpc) is 2.88. The van der Waals surface area contributed by atoms with Crippen molar-refractivity contribution >= 4 is 21.9 Å². The van der Waals surface area contributed by atoms with Gasteiger partial charge < -0.3 is 9.64 Å². The zero-order valence-electron chi connectivity index (χ0n) is 15.0. The molecule has 3 heterocycles. The molecule has 144 valence electrons. The highest BCUT2D eigenvalue weighted by molar-refractivity contribution is 9.10. The number of fused-ring (bicyclic) bond motifs is 1. The van der Waals surface area contributed by atoms with Gasteiger partial charge in [0.05, 0.1) is 18.9 Å². The number of hydrogen-bond acceptors (Lipinski definition) is 5. The zero-order chi connectivity index (χ0) is 18.8. The number of aromatic nitrogens is 2. The summed E-state index contributed by atoms with van der Waals surface area (Å²) in [5, 5.41) is 0. The van der Waals surface area contributed by atoms with E-state index in [2.05, 4.69) is 30.7 Å². The third kappa shape index (κ3) is 4.23. The smallest absolute Gasteiger partial charge is 0.255 e. The number of aromatic amines is 1. The molecule has 0 unspecified atom stereocenters. The lowest BCUT2D eigenvalue weighted by Crippen LogP contribution is -2.38. The molecule has 1 N–H and O–H groups in total. The van der Waals surface area contributed by atoms with Crippen molar-refractivity contribution < 1.29 is 9.13 Å². The molecule has 2 aliphatic rings. The molecule has 6 nitrogen and oxygen atoms in total. The quantitative estimate of drug-likeness (QED) is 0.798. The summed E-state index contributed by atoms with van der Waals surface area (Å²) in [5.74, 6) is 0.430. The first-order valence-electron chi connectivity index (χ1n) is 9.21. The van der Waals surface area contributed by atoms with Crippen molar-refractivity contribution in [2.45, 2.75) is 19.4 Å². The van der Waals surface area contributed by atoms with Crippen LogP contribution in [0.2, 0.25) is 0 Å². The van der Waals surface area contributed by atoms with Gasteiger partial charge in [-0.15, -0.1) is 0 Å². The summed E-state index contributed by atoms with van der Waals surface area (Å²) < 4.78 is 20.3. The molecule has 4 rings (SSSR count). The Labute approximate surface area is 165 Å². The van der Waals surface area contributed by atoms with Crippen LogP contribution in [0.1, 0.15) is 16.8 Å². The Morgan fingerprint density at radius 2 is 1.96 bits per heavy atom. The number of rotatable bonds is 3. The van der Waals surface area contributed by atoms with Crippen LogP contribution >= 0.6 is 15.9 Å². The Balaban J connectivity index is 1.51. The molecule has 0 spiro atoms. The lowest BCUT2D eigenvalue weighted by atomic mass is 10.1. The molecule has 1 fully saturated rings. The molecule has 8 heteroatoms. The number of benzene rings is 1. The molecule has 2 aliphatic heterocycles. The van der Waals surface area contributed by atoms with E-state index in [0.717, 1.165) is 35.4 Å². The molecule has 0 radical (unpaired) electrons.